The molecule has 1 N–H and O–H groups in total. The maximum Gasteiger partial charge on any atom is 0.308 e. The minimum Gasteiger partial charge on any atom is -0.481 e. The Hall–Kier alpha value is -1.43. The van der Waals surface area contributed by atoms with E-state index < -0.39 is 11.9 Å². The molecule has 1 aromatic rings. The Morgan fingerprint density at radius 1 is 1.73 bits per heavy atom. The normalized spacial score (nSPS) is 21.0. The molecule has 6 heteroatoms. The van der Waals surface area contributed by atoms with Gasteiger partial charge in [-0.05, 0) is 6.92 Å². The topological polar surface area (TPSA) is 70.5 Å². The van der Waals surface area contributed by atoms with Crippen molar-refractivity contribution in [3.8, 4) is 0 Å². The summed E-state index contributed by atoms with van der Waals surface area (Å²) in [6, 6.07) is 0. The quantitative estimate of drug-likeness (QED) is 0.813. The molecule has 1 aliphatic heterocycles. The zero-order valence-corrected chi connectivity index (χ0v) is 8.95. The first-order valence-electron chi connectivity index (χ1n) is 4.53. The lowest BCUT2D eigenvalue weighted by molar-refractivity contribution is -0.141. The average Bonchev–Trinajstić information content (AvgIpc) is 2.71. The Balaban J connectivity index is 2.18. The highest BCUT2D eigenvalue weighted by atomic mass is 32.1. The fraction of sp³-hybridized carbons (Fsp3) is 0.444. The molecule has 0 spiro atoms. The number of aromatic nitrogens is 1. The first kappa shape index (κ1) is 10.1. The van der Waals surface area contributed by atoms with E-state index in [4.69, 9.17) is 5.11 Å². The summed E-state index contributed by atoms with van der Waals surface area (Å²) in [5.41, 5.74) is 0. The van der Waals surface area contributed by atoms with Crippen molar-refractivity contribution in [1.29, 1.82) is 0 Å². The van der Waals surface area contributed by atoms with Crippen LogP contribution in [0.15, 0.2) is 6.20 Å². The van der Waals surface area contributed by atoms with Crippen LogP contribution < -0.4 is 4.90 Å². The van der Waals surface area contributed by atoms with Crippen LogP contribution in [-0.4, -0.2) is 28.5 Å². The first-order chi connectivity index (χ1) is 7.08. The number of carbonyl (C=O) groups excluding carboxylic acids is 1. The van der Waals surface area contributed by atoms with Gasteiger partial charge in [0, 0.05) is 24.0 Å². The number of amides is 1. The predicted octanol–water partition coefficient (Wildman–Crippen LogP) is 0.889. The van der Waals surface area contributed by atoms with Crippen LogP contribution in [0.1, 0.15) is 11.3 Å². The number of hydrogen-bond acceptors (Lipinski definition) is 4. The van der Waals surface area contributed by atoms with Gasteiger partial charge in [0.25, 0.3) is 0 Å². The molecule has 0 radical (unpaired) electrons. The fourth-order valence-corrected chi connectivity index (χ4v) is 2.31. The van der Waals surface area contributed by atoms with Crippen molar-refractivity contribution in [1.82, 2.24) is 4.98 Å². The van der Waals surface area contributed by atoms with E-state index in [9.17, 15) is 9.59 Å². The fourth-order valence-electron chi connectivity index (χ4n) is 1.53. The van der Waals surface area contributed by atoms with Gasteiger partial charge in [0.05, 0.1) is 5.92 Å². The highest BCUT2D eigenvalue weighted by molar-refractivity contribution is 7.15. The summed E-state index contributed by atoms with van der Waals surface area (Å²) in [7, 11) is 0. The highest BCUT2D eigenvalue weighted by Crippen LogP contribution is 2.28. The van der Waals surface area contributed by atoms with Crippen LogP contribution in [0.2, 0.25) is 0 Å². The number of thiazole rings is 1. The van der Waals surface area contributed by atoms with E-state index >= 15 is 0 Å². The summed E-state index contributed by atoms with van der Waals surface area (Å²) in [6.45, 7) is 2.14. The van der Waals surface area contributed by atoms with E-state index in [-0.39, 0.29) is 18.9 Å². The van der Waals surface area contributed by atoms with Gasteiger partial charge in [0.15, 0.2) is 5.13 Å². The molecule has 0 aromatic carbocycles. The largest absolute Gasteiger partial charge is 0.481 e. The molecule has 0 saturated carbocycles. The van der Waals surface area contributed by atoms with E-state index in [2.05, 4.69) is 4.98 Å². The van der Waals surface area contributed by atoms with Crippen LogP contribution in [0.5, 0.6) is 0 Å². The predicted molar refractivity (Wildman–Crippen MR) is 54.9 cm³/mol. The Morgan fingerprint density at radius 2 is 2.47 bits per heavy atom. The van der Waals surface area contributed by atoms with Crippen molar-refractivity contribution in [3.05, 3.63) is 11.1 Å². The third-order valence-corrected chi connectivity index (χ3v) is 3.25. The van der Waals surface area contributed by atoms with Gasteiger partial charge in [-0.25, -0.2) is 4.98 Å². The van der Waals surface area contributed by atoms with Gasteiger partial charge < -0.3 is 5.11 Å². The minimum absolute atomic E-state index is 0.0773. The maximum absolute atomic E-state index is 11.5. The average molecular weight is 226 g/mol. The Labute approximate surface area is 90.4 Å². The molecule has 1 atom stereocenters. The van der Waals surface area contributed by atoms with Crippen molar-refractivity contribution in [2.75, 3.05) is 11.4 Å². The summed E-state index contributed by atoms with van der Waals surface area (Å²) >= 11 is 1.40. The van der Waals surface area contributed by atoms with Gasteiger partial charge in [-0.1, -0.05) is 0 Å². The molecule has 2 rings (SSSR count). The van der Waals surface area contributed by atoms with Crippen LogP contribution >= 0.6 is 11.3 Å². The maximum atomic E-state index is 11.5. The number of aryl methyl sites for hydroxylation is 1. The van der Waals surface area contributed by atoms with E-state index in [0.717, 1.165) is 4.88 Å². The molecular formula is C9H10N2O3S. The van der Waals surface area contributed by atoms with Crippen molar-refractivity contribution in [2.24, 2.45) is 5.92 Å². The number of carboxylic acid groups (broad SMARTS) is 1. The Kier molecular flexibility index (Phi) is 2.44. The van der Waals surface area contributed by atoms with Crippen molar-refractivity contribution in [2.45, 2.75) is 13.3 Å². The van der Waals surface area contributed by atoms with E-state index in [1.807, 2.05) is 6.92 Å². The van der Waals surface area contributed by atoms with Crippen LogP contribution in [-0.2, 0) is 9.59 Å². The van der Waals surface area contributed by atoms with E-state index in [1.165, 1.54) is 16.2 Å². The van der Waals surface area contributed by atoms with Crippen molar-refractivity contribution < 1.29 is 14.7 Å². The number of aliphatic carboxylic acids is 1. The second-order valence-electron chi connectivity index (χ2n) is 3.50. The molecule has 1 aromatic heterocycles. The Morgan fingerprint density at radius 3 is 2.93 bits per heavy atom. The van der Waals surface area contributed by atoms with Crippen LogP contribution in [0.25, 0.3) is 0 Å². The van der Waals surface area contributed by atoms with E-state index in [1.54, 1.807) is 6.20 Å². The number of hydrogen-bond donors (Lipinski definition) is 1. The molecular weight excluding hydrogens is 216 g/mol. The second-order valence-corrected chi connectivity index (χ2v) is 4.71. The SMILES string of the molecule is Cc1cnc(N2CC(C(=O)O)CC2=O)s1. The van der Waals surface area contributed by atoms with Crippen molar-refractivity contribution in [3.63, 3.8) is 0 Å². The number of carbonyl (C=O) groups is 2. The summed E-state index contributed by atoms with van der Waals surface area (Å²) in [4.78, 5) is 28.8. The number of nitrogens with zero attached hydrogens (tertiary/aromatic N) is 2. The third-order valence-electron chi connectivity index (χ3n) is 2.31. The highest BCUT2D eigenvalue weighted by Gasteiger charge is 2.36. The lowest BCUT2D eigenvalue weighted by Gasteiger charge is -2.10. The molecule has 1 fully saturated rings. The zero-order chi connectivity index (χ0) is 11.0. The van der Waals surface area contributed by atoms with Crippen LogP contribution in [0.4, 0.5) is 5.13 Å². The van der Waals surface area contributed by atoms with Crippen LogP contribution in [0, 0.1) is 12.8 Å². The van der Waals surface area contributed by atoms with Gasteiger partial charge in [-0.15, -0.1) is 11.3 Å². The molecule has 1 saturated heterocycles. The molecule has 1 amide bonds. The van der Waals surface area contributed by atoms with E-state index in [0.29, 0.717) is 5.13 Å². The van der Waals surface area contributed by atoms with Gasteiger partial charge >= 0.3 is 5.97 Å². The standard InChI is InChI=1S/C9H10N2O3S/c1-5-3-10-9(15-5)11-4-6(8(13)14)2-7(11)12/h3,6H,2,4H2,1H3,(H,13,14). The lowest BCUT2D eigenvalue weighted by Crippen LogP contribution is -2.25. The molecule has 1 unspecified atom stereocenters. The molecule has 0 aliphatic carbocycles. The number of anilines is 1. The summed E-state index contributed by atoms with van der Waals surface area (Å²) in [6.07, 6.45) is 1.76. The van der Waals surface area contributed by atoms with Gasteiger partial charge in [0.2, 0.25) is 5.91 Å². The summed E-state index contributed by atoms with van der Waals surface area (Å²) in [5.74, 6) is -1.67. The third kappa shape index (κ3) is 1.85. The van der Waals surface area contributed by atoms with Crippen molar-refractivity contribution >= 4 is 28.3 Å². The monoisotopic (exact) mass is 226 g/mol. The van der Waals surface area contributed by atoms with Gasteiger partial charge in [0.1, 0.15) is 0 Å². The smallest absolute Gasteiger partial charge is 0.308 e. The summed E-state index contributed by atoms with van der Waals surface area (Å²) < 4.78 is 0. The lowest BCUT2D eigenvalue weighted by atomic mass is 10.1. The molecule has 15 heavy (non-hydrogen) atoms. The van der Waals surface area contributed by atoms with Crippen LogP contribution in [0.3, 0.4) is 0 Å². The molecule has 0 bridgehead atoms. The second kappa shape index (κ2) is 3.62. The zero-order valence-electron chi connectivity index (χ0n) is 8.14. The molecule has 5 nitrogen and oxygen atoms in total. The Bertz CT molecular complexity index is 415. The van der Waals surface area contributed by atoms with Gasteiger partial charge in [-0.3, -0.25) is 14.5 Å². The molecule has 1 aliphatic rings. The number of rotatable bonds is 2. The summed E-state index contributed by atoms with van der Waals surface area (Å²) in [5, 5.41) is 9.40. The number of carboxylic acids is 1. The minimum atomic E-state index is -0.917. The van der Waals surface area contributed by atoms with Gasteiger partial charge in [-0.2, -0.15) is 0 Å². The molecule has 2 heterocycles. The molecule has 80 valence electrons. The first-order valence-corrected chi connectivity index (χ1v) is 5.35.